The van der Waals surface area contributed by atoms with Crippen molar-refractivity contribution in [1.29, 1.82) is 0 Å². The van der Waals surface area contributed by atoms with Gasteiger partial charge in [0.25, 0.3) is 5.91 Å². The molecule has 2 aliphatic heterocycles. The number of hydrogen-bond donors (Lipinski definition) is 2. The van der Waals surface area contributed by atoms with Crippen molar-refractivity contribution in [1.82, 2.24) is 15.5 Å². The second-order valence-electron chi connectivity index (χ2n) is 7.47. The van der Waals surface area contributed by atoms with Crippen LogP contribution in [0.15, 0.2) is 18.2 Å². The number of esters is 1. The fourth-order valence-corrected chi connectivity index (χ4v) is 3.40. The van der Waals surface area contributed by atoms with Gasteiger partial charge < -0.3 is 24.8 Å². The van der Waals surface area contributed by atoms with Crippen LogP contribution in [0.5, 0.6) is 11.5 Å². The van der Waals surface area contributed by atoms with Gasteiger partial charge in [0.05, 0.1) is 7.11 Å². The summed E-state index contributed by atoms with van der Waals surface area (Å²) in [5, 5.41) is 5.20. The predicted molar refractivity (Wildman–Crippen MR) is 104 cm³/mol. The van der Waals surface area contributed by atoms with Crippen LogP contribution >= 0.6 is 0 Å². The highest BCUT2D eigenvalue weighted by atomic mass is 16.7. The van der Waals surface area contributed by atoms with Gasteiger partial charge in [0.2, 0.25) is 12.7 Å². The molecule has 2 heterocycles. The number of fused-ring (bicyclic) bond motifs is 1. The number of imide groups is 1. The Labute approximate surface area is 173 Å². The predicted octanol–water partition coefficient (Wildman–Crippen LogP) is 0.886. The van der Waals surface area contributed by atoms with Crippen LogP contribution in [-0.4, -0.2) is 55.2 Å². The summed E-state index contributed by atoms with van der Waals surface area (Å²) in [6, 6.07) is 3.37. The van der Waals surface area contributed by atoms with Crippen molar-refractivity contribution in [2.75, 3.05) is 20.4 Å². The molecule has 0 bridgehead atoms. The Kier molecular flexibility index (Phi) is 5.86. The van der Waals surface area contributed by atoms with Crippen molar-refractivity contribution in [2.45, 2.75) is 38.8 Å². The minimum absolute atomic E-state index is 0.0830. The largest absolute Gasteiger partial charge is 0.467 e. The standard InChI is InChI=1S/C20H25N3O7/c1-5-11(2)16(17(25)28-4)21-15(24)9-23-18(26)20(3,22-19(23)27)12-6-7-13-14(8-12)30-10-29-13/h6-8,11,16H,5,9-10H2,1-4H3,(H,21,24)(H,22,27)/t11-,16-,20+/m0/s1. The molecule has 1 aromatic rings. The van der Waals surface area contributed by atoms with E-state index in [0.717, 1.165) is 4.90 Å². The lowest BCUT2D eigenvalue weighted by Gasteiger charge is -2.24. The maximum absolute atomic E-state index is 13.0. The number of benzene rings is 1. The number of rotatable bonds is 7. The normalized spacial score (nSPS) is 21.8. The van der Waals surface area contributed by atoms with Crippen LogP contribution in [0.4, 0.5) is 4.79 Å². The third-order valence-electron chi connectivity index (χ3n) is 5.51. The lowest BCUT2D eigenvalue weighted by Crippen LogP contribution is -2.50. The SMILES string of the molecule is CC[C@H](C)[C@H](NC(=O)CN1C(=O)N[C@](C)(c2ccc3c(c2)OCO3)C1=O)C(=O)OC. The number of nitrogens with one attached hydrogen (secondary N) is 2. The van der Waals surface area contributed by atoms with Gasteiger partial charge in [-0.3, -0.25) is 14.5 Å². The Bertz CT molecular complexity index is 887. The Morgan fingerprint density at radius 1 is 1.30 bits per heavy atom. The van der Waals surface area contributed by atoms with E-state index in [4.69, 9.17) is 14.2 Å². The summed E-state index contributed by atoms with van der Waals surface area (Å²) in [6.07, 6.45) is 0.630. The molecular weight excluding hydrogens is 394 g/mol. The first-order valence-corrected chi connectivity index (χ1v) is 9.62. The van der Waals surface area contributed by atoms with Gasteiger partial charge in [0.15, 0.2) is 11.5 Å². The molecule has 30 heavy (non-hydrogen) atoms. The van der Waals surface area contributed by atoms with Gasteiger partial charge in [0.1, 0.15) is 18.1 Å². The van der Waals surface area contributed by atoms with Gasteiger partial charge in [-0.05, 0) is 30.5 Å². The van der Waals surface area contributed by atoms with E-state index in [1.54, 1.807) is 32.0 Å². The lowest BCUT2D eigenvalue weighted by molar-refractivity contribution is -0.146. The maximum Gasteiger partial charge on any atom is 0.328 e. The minimum Gasteiger partial charge on any atom is -0.467 e. The third-order valence-corrected chi connectivity index (χ3v) is 5.51. The van der Waals surface area contributed by atoms with E-state index in [9.17, 15) is 19.2 Å². The Hall–Kier alpha value is -3.30. The number of urea groups is 1. The van der Waals surface area contributed by atoms with Crippen LogP contribution in [0.1, 0.15) is 32.8 Å². The first-order valence-electron chi connectivity index (χ1n) is 9.62. The third kappa shape index (κ3) is 3.77. The average molecular weight is 419 g/mol. The average Bonchev–Trinajstić information content (AvgIpc) is 3.29. The Balaban J connectivity index is 1.74. The molecule has 1 saturated heterocycles. The summed E-state index contributed by atoms with van der Waals surface area (Å²) in [5.74, 6) is -0.956. The van der Waals surface area contributed by atoms with Gasteiger partial charge in [0, 0.05) is 0 Å². The summed E-state index contributed by atoms with van der Waals surface area (Å²) >= 11 is 0. The van der Waals surface area contributed by atoms with Gasteiger partial charge in [-0.25, -0.2) is 9.59 Å². The molecule has 0 radical (unpaired) electrons. The molecule has 162 valence electrons. The highest BCUT2D eigenvalue weighted by Gasteiger charge is 2.50. The minimum atomic E-state index is -1.36. The molecule has 0 saturated carbocycles. The van der Waals surface area contributed by atoms with Crippen molar-refractivity contribution in [2.24, 2.45) is 5.92 Å². The van der Waals surface area contributed by atoms with Crippen LogP contribution in [0.25, 0.3) is 0 Å². The first-order chi connectivity index (χ1) is 14.2. The maximum atomic E-state index is 13.0. The van der Waals surface area contributed by atoms with E-state index >= 15 is 0 Å². The van der Waals surface area contributed by atoms with Crippen molar-refractivity contribution in [3.8, 4) is 11.5 Å². The number of amides is 4. The summed E-state index contributed by atoms with van der Waals surface area (Å²) in [5.41, 5.74) is -0.864. The summed E-state index contributed by atoms with van der Waals surface area (Å²) in [6.45, 7) is 4.79. The number of ether oxygens (including phenoxy) is 3. The number of hydrogen-bond acceptors (Lipinski definition) is 7. The van der Waals surface area contributed by atoms with Crippen molar-refractivity contribution < 1.29 is 33.4 Å². The zero-order valence-corrected chi connectivity index (χ0v) is 17.3. The Morgan fingerprint density at radius 2 is 2.00 bits per heavy atom. The summed E-state index contributed by atoms with van der Waals surface area (Å²) < 4.78 is 15.3. The molecule has 1 aromatic carbocycles. The van der Waals surface area contributed by atoms with Crippen LogP contribution < -0.4 is 20.1 Å². The molecule has 0 unspecified atom stereocenters. The highest BCUT2D eigenvalue weighted by molar-refractivity contribution is 6.09. The number of carbonyl (C=O) groups is 4. The van der Waals surface area contributed by atoms with Crippen LogP contribution in [-0.2, 0) is 24.7 Å². The first kappa shape index (κ1) is 21.4. The smallest absolute Gasteiger partial charge is 0.328 e. The molecule has 4 amide bonds. The van der Waals surface area contributed by atoms with E-state index in [1.807, 2.05) is 6.92 Å². The van der Waals surface area contributed by atoms with Crippen LogP contribution in [0.2, 0.25) is 0 Å². The van der Waals surface area contributed by atoms with Crippen molar-refractivity contribution in [3.63, 3.8) is 0 Å². The van der Waals surface area contributed by atoms with Gasteiger partial charge >= 0.3 is 12.0 Å². The molecule has 10 heteroatoms. The van der Waals surface area contributed by atoms with Crippen molar-refractivity contribution in [3.05, 3.63) is 23.8 Å². The number of carbonyl (C=O) groups excluding carboxylic acids is 4. The molecule has 0 aromatic heterocycles. The highest BCUT2D eigenvalue weighted by Crippen LogP contribution is 2.37. The quantitative estimate of drug-likeness (QED) is 0.497. The fourth-order valence-electron chi connectivity index (χ4n) is 3.40. The van der Waals surface area contributed by atoms with E-state index < -0.39 is 41.9 Å². The van der Waals surface area contributed by atoms with E-state index in [1.165, 1.54) is 7.11 Å². The lowest BCUT2D eigenvalue weighted by atomic mass is 9.91. The van der Waals surface area contributed by atoms with Crippen LogP contribution in [0, 0.1) is 5.92 Å². The van der Waals surface area contributed by atoms with Crippen molar-refractivity contribution >= 4 is 23.8 Å². The number of methoxy groups -OCH3 is 1. The molecule has 0 aliphatic carbocycles. The zero-order chi connectivity index (χ0) is 22.1. The van der Waals surface area contributed by atoms with E-state index in [2.05, 4.69) is 10.6 Å². The molecular formula is C20H25N3O7. The molecule has 2 aliphatic rings. The van der Waals surface area contributed by atoms with E-state index in [0.29, 0.717) is 23.5 Å². The molecule has 3 atom stereocenters. The summed E-state index contributed by atoms with van der Waals surface area (Å²) in [7, 11) is 1.23. The second-order valence-corrected chi connectivity index (χ2v) is 7.47. The second kappa shape index (κ2) is 8.21. The zero-order valence-electron chi connectivity index (χ0n) is 17.3. The monoisotopic (exact) mass is 419 g/mol. The molecule has 2 N–H and O–H groups in total. The molecule has 10 nitrogen and oxygen atoms in total. The molecule has 3 rings (SSSR count). The topological polar surface area (TPSA) is 123 Å². The van der Waals surface area contributed by atoms with Crippen LogP contribution in [0.3, 0.4) is 0 Å². The van der Waals surface area contributed by atoms with Gasteiger partial charge in [-0.1, -0.05) is 26.3 Å². The van der Waals surface area contributed by atoms with E-state index in [-0.39, 0.29) is 12.7 Å². The van der Waals surface area contributed by atoms with Gasteiger partial charge in [-0.15, -0.1) is 0 Å². The van der Waals surface area contributed by atoms with Gasteiger partial charge in [-0.2, -0.15) is 0 Å². The number of nitrogens with zero attached hydrogens (tertiary/aromatic N) is 1. The Morgan fingerprint density at radius 3 is 2.67 bits per heavy atom. The molecule has 1 fully saturated rings. The molecule has 0 spiro atoms. The summed E-state index contributed by atoms with van der Waals surface area (Å²) in [4.78, 5) is 50.8. The fraction of sp³-hybridized carbons (Fsp3) is 0.500.